The Bertz CT molecular complexity index is 485. The maximum Gasteiger partial charge on any atom is 0.319 e. The first-order chi connectivity index (χ1) is 9.50. The van der Waals surface area contributed by atoms with Crippen molar-refractivity contribution >= 4 is 23.3 Å². The molecule has 1 saturated carbocycles. The summed E-state index contributed by atoms with van der Waals surface area (Å²) in [6.07, 6.45) is 4.71. The number of urea groups is 1. The van der Waals surface area contributed by atoms with Crippen molar-refractivity contribution in [2.75, 3.05) is 11.9 Å². The zero-order valence-corrected chi connectivity index (χ0v) is 12.5. The third kappa shape index (κ3) is 3.87. The fraction of sp³-hybridized carbons (Fsp3) is 0.533. The Hall–Kier alpha value is -1.26. The molecule has 2 rings (SSSR count). The van der Waals surface area contributed by atoms with Crippen LogP contribution in [0, 0.1) is 6.92 Å². The van der Waals surface area contributed by atoms with Gasteiger partial charge >= 0.3 is 6.03 Å². The Morgan fingerprint density at radius 1 is 1.35 bits per heavy atom. The molecule has 0 saturated heterocycles. The number of halogens is 1. The summed E-state index contributed by atoms with van der Waals surface area (Å²) in [5, 5.41) is 16.4. The van der Waals surface area contributed by atoms with Gasteiger partial charge in [-0.15, -0.1) is 0 Å². The molecule has 0 unspecified atom stereocenters. The van der Waals surface area contributed by atoms with E-state index >= 15 is 0 Å². The van der Waals surface area contributed by atoms with Gasteiger partial charge in [0.15, 0.2) is 0 Å². The Morgan fingerprint density at radius 3 is 2.75 bits per heavy atom. The molecule has 3 N–H and O–H groups in total. The molecule has 0 heterocycles. The van der Waals surface area contributed by atoms with Crippen molar-refractivity contribution in [3.63, 3.8) is 0 Å². The highest BCUT2D eigenvalue weighted by Gasteiger charge is 2.29. The van der Waals surface area contributed by atoms with Crippen LogP contribution < -0.4 is 10.6 Å². The van der Waals surface area contributed by atoms with Gasteiger partial charge in [0.2, 0.25) is 0 Å². The number of carbonyl (C=O) groups is 1. The molecule has 0 bridgehead atoms. The van der Waals surface area contributed by atoms with Crippen molar-refractivity contribution in [2.45, 2.75) is 44.6 Å². The van der Waals surface area contributed by atoms with Gasteiger partial charge in [-0.1, -0.05) is 36.9 Å². The summed E-state index contributed by atoms with van der Waals surface area (Å²) in [5.74, 6) is 0. The number of benzene rings is 1. The van der Waals surface area contributed by atoms with Crippen LogP contribution in [0.4, 0.5) is 10.5 Å². The van der Waals surface area contributed by atoms with E-state index in [1.165, 1.54) is 0 Å². The first-order valence-corrected chi connectivity index (χ1v) is 7.40. The zero-order chi connectivity index (χ0) is 14.6. The largest absolute Gasteiger partial charge is 0.388 e. The van der Waals surface area contributed by atoms with Crippen molar-refractivity contribution in [3.05, 3.63) is 28.8 Å². The average molecular weight is 297 g/mol. The molecule has 4 nitrogen and oxygen atoms in total. The summed E-state index contributed by atoms with van der Waals surface area (Å²) in [6, 6.07) is 5.06. The van der Waals surface area contributed by atoms with Gasteiger partial charge in [0.1, 0.15) is 0 Å². The predicted molar refractivity (Wildman–Crippen MR) is 81.2 cm³/mol. The van der Waals surface area contributed by atoms with Gasteiger partial charge in [-0.3, -0.25) is 0 Å². The Kier molecular flexibility index (Phi) is 4.89. The highest BCUT2D eigenvalue weighted by molar-refractivity contribution is 6.31. The standard InChI is InChI=1S/C15H21ClN2O2/c1-11-12(16)6-5-7-13(11)18-14(19)17-10-15(20)8-3-2-4-9-15/h5-7,20H,2-4,8-10H2,1H3,(H2,17,18,19). The first-order valence-electron chi connectivity index (χ1n) is 7.02. The molecular formula is C15H21ClN2O2. The zero-order valence-electron chi connectivity index (χ0n) is 11.7. The molecule has 20 heavy (non-hydrogen) atoms. The number of anilines is 1. The number of hydrogen-bond acceptors (Lipinski definition) is 2. The van der Waals surface area contributed by atoms with E-state index in [0.29, 0.717) is 17.3 Å². The third-order valence-corrected chi connectivity index (χ3v) is 4.29. The van der Waals surface area contributed by atoms with E-state index in [4.69, 9.17) is 11.6 Å². The normalized spacial score (nSPS) is 17.6. The maximum atomic E-state index is 11.9. The third-order valence-electron chi connectivity index (χ3n) is 3.88. The molecule has 1 aliphatic rings. The first kappa shape index (κ1) is 15.1. The fourth-order valence-electron chi connectivity index (χ4n) is 2.54. The number of hydrogen-bond donors (Lipinski definition) is 3. The maximum absolute atomic E-state index is 11.9. The molecule has 0 spiro atoms. The molecule has 0 aliphatic heterocycles. The SMILES string of the molecule is Cc1c(Cl)cccc1NC(=O)NCC1(O)CCCCC1. The number of rotatable bonds is 3. The van der Waals surface area contributed by atoms with Gasteiger partial charge in [0.05, 0.1) is 5.60 Å². The molecule has 0 atom stereocenters. The minimum absolute atomic E-state index is 0.290. The molecule has 1 fully saturated rings. The molecule has 110 valence electrons. The Balaban J connectivity index is 1.88. The van der Waals surface area contributed by atoms with E-state index in [-0.39, 0.29) is 6.03 Å². The lowest BCUT2D eigenvalue weighted by atomic mass is 9.85. The van der Waals surface area contributed by atoms with Crippen LogP contribution in [0.3, 0.4) is 0 Å². The lowest BCUT2D eigenvalue weighted by Gasteiger charge is -2.32. The summed E-state index contributed by atoms with van der Waals surface area (Å²) in [6.45, 7) is 2.14. The van der Waals surface area contributed by atoms with E-state index in [2.05, 4.69) is 10.6 Å². The summed E-state index contributed by atoms with van der Waals surface area (Å²) < 4.78 is 0. The van der Waals surface area contributed by atoms with Crippen LogP contribution in [0.25, 0.3) is 0 Å². The van der Waals surface area contributed by atoms with Crippen LogP contribution in [0.5, 0.6) is 0 Å². The molecule has 0 radical (unpaired) electrons. The highest BCUT2D eigenvalue weighted by Crippen LogP contribution is 2.27. The molecular weight excluding hydrogens is 276 g/mol. The van der Waals surface area contributed by atoms with E-state index in [9.17, 15) is 9.90 Å². The quantitative estimate of drug-likeness (QED) is 0.800. The van der Waals surface area contributed by atoms with Gasteiger partial charge in [0, 0.05) is 17.3 Å². The van der Waals surface area contributed by atoms with Crippen molar-refractivity contribution < 1.29 is 9.90 Å². The van der Waals surface area contributed by atoms with Crippen molar-refractivity contribution in [1.82, 2.24) is 5.32 Å². The summed E-state index contributed by atoms with van der Waals surface area (Å²) in [4.78, 5) is 11.9. The second-order valence-corrected chi connectivity index (χ2v) is 5.91. The van der Waals surface area contributed by atoms with E-state index < -0.39 is 5.60 Å². The van der Waals surface area contributed by atoms with Crippen LogP contribution >= 0.6 is 11.6 Å². The molecule has 0 aromatic heterocycles. The molecule has 1 aromatic rings. The van der Waals surface area contributed by atoms with Crippen molar-refractivity contribution in [3.8, 4) is 0 Å². The van der Waals surface area contributed by atoms with Gasteiger partial charge in [0.25, 0.3) is 0 Å². The summed E-state index contributed by atoms with van der Waals surface area (Å²) >= 11 is 6.01. The van der Waals surface area contributed by atoms with Gasteiger partial charge in [-0.05, 0) is 37.5 Å². The van der Waals surface area contributed by atoms with Crippen LogP contribution in [0.2, 0.25) is 5.02 Å². The molecule has 1 aromatic carbocycles. The average Bonchev–Trinajstić information content (AvgIpc) is 2.43. The predicted octanol–water partition coefficient (Wildman–Crippen LogP) is 3.47. The minimum atomic E-state index is -0.751. The van der Waals surface area contributed by atoms with Crippen LogP contribution in [-0.4, -0.2) is 23.3 Å². The second kappa shape index (κ2) is 6.46. The van der Waals surface area contributed by atoms with Crippen molar-refractivity contribution in [2.24, 2.45) is 0 Å². The number of amides is 2. The number of nitrogens with one attached hydrogen (secondary N) is 2. The van der Waals surface area contributed by atoms with Gasteiger partial charge in [-0.25, -0.2) is 4.79 Å². The molecule has 5 heteroatoms. The smallest absolute Gasteiger partial charge is 0.319 e. The van der Waals surface area contributed by atoms with Gasteiger partial charge in [-0.2, -0.15) is 0 Å². The van der Waals surface area contributed by atoms with E-state index in [0.717, 1.165) is 37.7 Å². The highest BCUT2D eigenvalue weighted by atomic mass is 35.5. The Labute approximate surface area is 124 Å². The topological polar surface area (TPSA) is 61.4 Å². The monoisotopic (exact) mass is 296 g/mol. The lowest BCUT2D eigenvalue weighted by Crippen LogP contribution is -2.45. The van der Waals surface area contributed by atoms with Crippen LogP contribution in [0.15, 0.2) is 18.2 Å². The van der Waals surface area contributed by atoms with Gasteiger partial charge < -0.3 is 15.7 Å². The lowest BCUT2D eigenvalue weighted by molar-refractivity contribution is 0.00755. The summed E-state index contributed by atoms with van der Waals surface area (Å²) in [7, 11) is 0. The fourth-order valence-corrected chi connectivity index (χ4v) is 2.72. The number of carbonyl (C=O) groups excluding carboxylic acids is 1. The summed E-state index contributed by atoms with van der Waals surface area (Å²) in [5.41, 5.74) is 0.769. The van der Waals surface area contributed by atoms with Crippen LogP contribution in [0.1, 0.15) is 37.7 Å². The van der Waals surface area contributed by atoms with E-state index in [1.807, 2.05) is 6.92 Å². The Morgan fingerprint density at radius 2 is 2.05 bits per heavy atom. The molecule has 1 aliphatic carbocycles. The number of aliphatic hydroxyl groups is 1. The van der Waals surface area contributed by atoms with E-state index in [1.54, 1.807) is 18.2 Å². The second-order valence-electron chi connectivity index (χ2n) is 5.51. The van der Waals surface area contributed by atoms with Crippen molar-refractivity contribution in [1.29, 1.82) is 0 Å². The van der Waals surface area contributed by atoms with Crippen LogP contribution in [-0.2, 0) is 0 Å². The molecule has 2 amide bonds. The minimum Gasteiger partial charge on any atom is -0.388 e.